The predicted molar refractivity (Wildman–Crippen MR) is 101 cm³/mol. The summed E-state index contributed by atoms with van der Waals surface area (Å²) in [6, 6.07) is 12.3. The van der Waals surface area contributed by atoms with E-state index in [0.29, 0.717) is 22.5 Å². The highest BCUT2D eigenvalue weighted by Crippen LogP contribution is 2.19. The van der Waals surface area contributed by atoms with Crippen LogP contribution in [-0.2, 0) is 0 Å². The lowest BCUT2D eigenvalue weighted by atomic mass is 10.1. The number of rotatable bonds is 5. The second-order valence-electron chi connectivity index (χ2n) is 6.38. The molecule has 2 aromatic carbocycles. The molecular weight excluding hydrogens is 344 g/mol. The zero-order chi connectivity index (χ0) is 19.4. The molecule has 0 bridgehead atoms. The normalized spacial score (nSPS) is 10.7. The average Bonchev–Trinajstić information content (AvgIpc) is 3.15. The van der Waals surface area contributed by atoms with Gasteiger partial charge in [-0.05, 0) is 67.1 Å². The van der Waals surface area contributed by atoms with Crippen molar-refractivity contribution in [2.45, 2.75) is 26.8 Å². The van der Waals surface area contributed by atoms with Gasteiger partial charge in [0.15, 0.2) is 0 Å². The first-order chi connectivity index (χ1) is 13.0. The van der Waals surface area contributed by atoms with Crippen molar-refractivity contribution in [1.82, 2.24) is 25.5 Å². The Morgan fingerprint density at radius 2 is 1.81 bits per heavy atom. The van der Waals surface area contributed by atoms with E-state index in [1.165, 1.54) is 11.0 Å². The number of tetrazole rings is 1. The number of benzene rings is 2. The van der Waals surface area contributed by atoms with E-state index in [9.17, 15) is 9.59 Å². The molecule has 138 valence electrons. The van der Waals surface area contributed by atoms with Crippen molar-refractivity contribution in [3.63, 3.8) is 0 Å². The molecule has 8 nitrogen and oxygen atoms in total. The van der Waals surface area contributed by atoms with Gasteiger partial charge in [0.1, 0.15) is 6.33 Å². The van der Waals surface area contributed by atoms with Crippen LogP contribution in [0.4, 0.5) is 5.69 Å². The number of hydrogen-bond donors (Lipinski definition) is 2. The number of nitrogens with one attached hydrogen (secondary N) is 2. The smallest absolute Gasteiger partial charge is 0.257 e. The number of aryl methyl sites for hydroxylation is 1. The topological polar surface area (TPSA) is 102 Å². The van der Waals surface area contributed by atoms with Crippen molar-refractivity contribution in [2.75, 3.05) is 5.32 Å². The van der Waals surface area contributed by atoms with Gasteiger partial charge < -0.3 is 10.6 Å². The van der Waals surface area contributed by atoms with E-state index in [4.69, 9.17) is 0 Å². The van der Waals surface area contributed by atoms with Crippen LogP contribution < -0.4 is 10.6 Å². The highest BCUT2D eigenvalue weighted by Gasteiger charge is 2.15. The summed E-state index contributed by atoms with van der Waals surface area (Å²) in [4.78, 5) is 24.9. The number of carbonyl (C=O) groups excluding carboxylic acids is 2. The van der Waals surface area contributed by atoms with E-state index < -0.39 is 0 Å². The van der Waals surface area contributed by atoms with Crippen LogP contribution in [0.5, 0.6) is 0 Å². The Balaban J connectivity index is 1.82. The molecule has 3 rings (SSSR count). The van der Waals surface area contributed by atoms with Gasteiger partial charge in [-0.2, -0.15) is 4.68 Å². The third-order valence-corrected chi connectivity index (χ3v) is 3.89. The summed E-state index contributed by atoms with van der Waals surface area (Å²) in [6.07, 6.45) is 1.43. The molecule has 0 aliphatic heterocycles. The van der Waals surface area contributed by atoms with Gasteiger partial charge in [0, 0.05) is 17.3 Å². The van der Waals surface area contributed by atoms with Crippen LogP contribution in [0.15, 0.2) is 48.8 Å². The number of amides is 2. The molecule has 0 radical (unpaired) electrons. The maximum atomic E-state index is 12.7. The van der Waals surface area contributed by atoms with Gasteiger partial charge in [-0.25, -0.2) is 0 Å². The molecule has 8 heteroatoms. The molecule has 2 N–H and O–H groups in total. The van der Waals surface area contributed by atoms with Crippen LogP contribution in [0.2, 0.25) is 0 Å². The SMILES string of the molecule is Cc1cc(NC(=O)c2ccccc2-n2cnnn2)ccc1C(=O)NC(C)C. The van der Waals surface area contributed by atoms with E-state index in [0.717, 1.165) is 5.56 Å². The fraction of sp³-hybridized carbons (Fsp3) is 0.211. The second-order valence-corrected chi connectivity index (χ2v) is 6.38. The predicted octanol–water partition coefficient (Wildman–Crippen LogP) is 2.36. The summed E-state index contributed by atoms with van der Waals surface area (Å²) in [7, 11) is 0. The van der Waals surface area contributed by atoms with Gasteiger partial charge in [-0.15, -0.1) is 5.10 Å². The van der Waals surface area contributed by atoms with Crippen LogP contribution in [0.3, 0.4) is 0 Å². The summed E-state index contributed by atoms with van der Waals surface area (Å²) >= 11 is 0. The quantitative estimate of drug-likeness (QED) is 0.724. The summed E-state index contributed by atoms with van der Waals surface area (Å²) in [5.41, 5.74) is 2.97. The molecule has 0 unspecified atom stereocenters. The summed E-state index contributed by atoms with van der Waals surface area (Å²) in [5, 5.41) is 16.8. The van der Waals surface area contributed by atoms with Gasteiger partial charge in [-0.3, -0.25) is 9.59 Å². The van der Waals surface area contributed by atoms with Crippen molar-refractivity contribution in [3.05, 3.63) is 65.5 Å². The summed E-state index contributed by atoms with van der Waals surface area (Å²) < 4.78 is 1.43. The molecule has 0 saturated heterocycles. The fourth-order valence-corrected chi connectivity index (χ4v) is 2.67. The molecule has 2 amide bonds. The van der Waals surface area contributed by atoms with Gasteiger partial charge >= 0.3 is 0 Å². The Morgan fingerprint density at radius 1 is 1.04 bits per heavy atom. The number of para-hydroxylation sites is 1. The molecular formula is C19H20N6O2. The molecule has 1 heterocycles. The second kappa shape index (κ2) is 7.77. The van der Waals surface area contributed by atoms with Gasteiger partial charge in [-0.1, -0.05) is 12.1 Å². The lowest BCUT2D eigenvalue weighted by molar-refractivity contribution is 0.0942. The number of anilines is 1. The number of hydrogen-bond acceptors (Lipinski definition) is 5. The van der Waals surface area contributed by atoms with Crippen LogP contribution in [0.1, 0.15) is 40.1 Å². The maximum absolute atomic E-state index is 12.7. The lowest BCUT2D eigenvalue weighted by Crippen LogP contribution is -2.30. The molecule has 0 atom stereocenters. The minimum atomic E-state index is -0.292. The average molecular weight is 364 g/mol. The number of aromatic nitrogens is 4. The molecule has 27 heavy (non-hydrogen) atoms. The zero-order valence-corrected chi connectivity index (χ0v) is 15.3. The Morgan fingerprint density at radius 3 is 2.48 bits per heavy atom. The number of nitrogens with zero attached hydrogens (tertiary/aromatic N) is 4. The van der Waals surface area contributed by atoms with Crippen molar-refractivity contribution in [1.29, 1.82) is 0 Å². The largest absolute Gasteiger partial charge is 0.350 e. The Hall–Kier alpha value is -3.55. The van der Waals surface area contributed by atoms with Crippen LogP contribution >= 0.6 is 0 Å². The molecule has 0 saturated carbocycles. The molecule has 3 aromatic rings. The number of carbonyl (C=O) groups is 2. The van der Waals surface area contributed by atoms with E-state index in [1.807, 2.05) is 20.8 Å². The lowest BCUT2D eigenvalue weighted by Gasteiger charge is -2.13. The minimum Gasteiger partial charge on any atom is -0.350 e. The van der Waals surface area contributed by atoms with Gasteiger partial charge in [0.2, 0.25) is 0 Å². The molecule has 1 aromatic heterocycles. The monoisotopic (exact) mass is 364 g/mol. The highest BCUT2D eigenvalue weighted by atomic mass is 16.2. The minimum absolute atomic E-state index is 0.0547. The summed E-state index contributed by atoms with van der Waals surface area (Å²) in [5.74, 6) is -0.427. The summed E-state index contributed by atoms with van der Waals surface area (Å²) in [6.45, 7) is 5.65. The molecule has 0 aliphatic rings. The first-order valence-electron chi connectivity index (χ1n) is 8.51. The Labute approximate surface area is 156 Å². The first kappa shape index (κ1) is 18.2. The van der Waals surface area contributed by atoms with Crippen molar-refractivity contribution in [2.24, 2.45) is 0 Å². The fourth-order valence-electron chi connectivity index (χ4n) is 2.67. The Kier molecular flexibility index (Phi) is 5.25. The van der Waals surface area contributed by atoms with E-state index in [1.54, 1.807) is 42.5 Å². The van der Waals surface area contributed by atoms with Crippen LogP contribution in [-0.4, -0.2) is 38.1 Å². The third-order valence-electron chi connectivity index (χ3n) is 3.89. The van der Waals surface area contributed by atoms with E-state index in [2.05, 4.69) is 26.2 Å². The van der Waals surface area contributed by atoms with Gasteiger partial charge in [0.05, 0.1) is 11.3 Å². The van der Waals surface area contributed by atoms with Crippen LogP contribution in [0, 0.1) is 6.92 Å². The van der Waals surface area contributed by atoms with Crippen molar-refractivity contribution >= 4 is 17.5 Å². The van der Waals surface area contributed by atoms with Crippen molar-refractivity contribution in [3.8, 4) is 5.69 Å². The van der Waals surface area contributed by atoms with Gasteiger partial charge in [0.25, 0.3) is 11.8 Å². The van der Waals surface area contributed by atoms with Crippen molar-refractivity contribution < 1.29 is 9.59 Å². The highest BCUT2D eigenvalue weighted by molar-refractivity contribution is 6.07. The molecule has 0 aliphatic carbocycles. The molecule has 0 spiro atoms. The third kappa shape index (κ3) is 4.17. The maximum Gasteiger partial charge on any atom is 0.257 e. The van der Waals surface area contributed by atoms with Crippen LogP contribution in [0.25, 0.3) is 5.69 Å². The zero-order valence-electron chi connectivity index (χ0n) is 15.3. The first-order valence-corrected chi connectivity index (χ1v) is 8.51. The van der Waals surface area contributed by atoms with E-state index >= 15 is 0 Å². The Bertz CT molecular complexity index is 966. The molecule has 0 fully saturated rings. The van der Waals surface area contributed by atoms with E-state index in [-0.39, 0.29) is 17.9 Å². The standard InChI is InChI=1S/C19H20N6O2/c1-12(2)21-18(26)15-9-8-14(10-13(15)3)22-19(27)16-6-4-5-7-17(16)25-11-20-23-24-25/h4-12H,1-3H3,(H,21,26)(H,22,27).